The summed E-state index contributed by atoms with van der Waals surface area (Å²) in [6.07, 6.45) is 0.361. The lowest BCUT2D eigenvalue weighted by Gasteiger charge is -2.18. The van der Waals surface area contributed by atoms with Crippen molar-refractivity contribution in [3.05, 3.63) is 53.3 Å². The van der Waals surface area contributed by atoms with Gasteiger partial charge >= 0.3 is 6.61 Å². The number of carbonyl (C=O) groups excluding carboxylic acids is 2. The van der Waals surface area contributed by atoms with Crippen molar-refractivity contribution < 1.29 is 32.2 Å². The van der Waals surface area contributed by atoms with E-state index in [0.29, 0.717) is 12.0 Å². The van der Waals surface area contributed by atoms with Crippen molar-refractivity contribution >= 4 is 17.5 Å². The summed E-state index contributed by atoms with van der Waals surface area (Å²) in [5, 5.41) is 2.75. The Hall–Kier alpha value is -3.23. The van der Waals surface area contributed by atoms with Gasteiger partial charge < -0.3 is 19.7 Å². The lowest BCUT2D eigenvalue weighted by Crippen LogP contribution is -2.34. The zero-order valence-corrected chi connectivity index (χ0v) is 17.2. The standard InChI is InChI=1S/C22H23F3N2O4/c1-13-3-5-17(16(23)9-13)27-12-15(11-20(27)28)21(29)26-8-7-14-4-6-18(30-2)19(10-14)31-22(24)25/h3-6,9-10,15,22H,7-8,11-12H2,1-2H3,(H,26,29). The fourth-order valence-electron chi connectivity index (χ4n) is 3.49. The molecule has 0 radical (unpaired) electrons. The van der Waals surface area contributed by atoms with Crippen LogP contribution in [0.2, 0.25) is 0 Å². The van der Waals surface area contributed by atoms with Crippen molar-refractivity contribution in [2.75, 3.05) is 25.1 Å². The van der Waals surface area contributed by atoms with Gasteiger partial charge in [0.2, 0.25) is 11.8 Å². The zero-order chi connectivity index (χ0) is 22.5. The van der Waals surface area contributed by atoms with Crippen LogP contribution in [0.1, 0.15) is 17.5 Å². The Morgan fingerprint density at radius 1 is 1.23 bits per heavy atom. The minimum atomic E-state index is -2.98. The summed E-state index contributed by atoms with van der Waals surface area (Å²) in [5.41, 5.74) is 1.57. The number of halogens is 3. The molecule has 2 amide bonds. The highest BCUT2D eigenvalue weighted by Crippen LogP contribution is 2.30. The number of aryl methyl sites for hydroxylation is 1. The second-order valence-corrected chi connectivity index (χ2v) is 7.27. The van der Waals surface area contributed by atoms with Crippen LogP contribution in [-0.2, 0) is 16.0 Å². The number of nitrogens with zero attached hydrogens (tertiary/aromatic N) is 1. The third-order valence-electron chi connectivity index (χ3n) is 5.05. The number of hydrogen-bond acceptors (Lipinski definition) is 4. The predicted molar refractivity (Wildman–Crippen MR) is 108 cm³/mol. The smallest absolute Gasteiger partial charge is 0.387 e. The molecule has 166 valence electrons. The number of methoxy groups -OCH3 is 1. The van der Waals surface area contributed by atoms with Gasteiger partial charge in [0.15, 0.2) is 11.5 Å². The predicted octanol–water partition coefficient (Wildman–Crippen LogP) is 3.46. The topological polar surface area (TPSA) is 67.9 Å². The summed E-state index contributed by atoms with van der Waals surface area (Å²) in [6.45, 7) is -0.895. The van der Waals surface area contributed by atoms with Gasteiger partial charge in [0, 0.05) is 19.5 Å². The van der Waals surface area contributed by atoms with Crippen LogP contribution in [0.15, 0.2) is 36.4 Å². The average Bonchev–Trinajstić information content (AvgIpc) is 3.09. The highest BCUT2D eigenvalue weighted by atomic mass is 19.3. The number of amides is 2. The van der Waals surface area contributed by atoms with Crippen LogP contribution >= 0.6 is 0 Å². The molecule has 1 unspecified atom stereocenters. The van der Waals surface area contributed by atoms with Crippen molar-refractivity contribution in [1.29, 1.82) is 0 Å². The first-order valence-corrected chi connectivity index (χ1v) is 9.74. The number of benzene rings is 2. The molecule has 0 aliphatic carbocycles. The molecule has 1 aliphatic rings. The van der Waals surface area contributed by atoms with Gasteiger partial charge in [-0.2, -0.15) is 8.78 Å². The van der Waals surface area contributed by atoms with E-state index in [1.165, 1.54) is 36.3 Å². The molecule has 31 heavy (non-hydrogen) atoms. The first-order valence-electron chi connectivity index (χ1n) is 9.74. The maximum atomic E-state index is 14.2. The second-order valence-electron chi connectivity index (χ2n) is 7.27. The van der Waals surface area contributed by atoms with Crippen LogP contribution in [0.25, 0.3) is 0 Å². The first-order chi connectivity index (χ1) is 14.8. The lowest BCUT2D eigenvalue weighted by atomic mass is 10.1. The van der Waals surface area contributed by atoms with E-state index in [-0.39, 0.29) is 48.5 Å². The fraction of sp³-hybridized carbons (Fsp3) is 0.364. The minimum Gasteiger partial charge on any atom is -0.493 e. The van der Waals surface area contributed by atoms with Gasteiger partial charge in [0.05, 0.1) is 18.7 Å². The van der Waals surface area contributed by atoms with E-state index in [4.69, 9.17) is 4.74 Å². The molecule has 2 aromatic rings. The van der Waals surface area contributed by atoms with Crippen LogP contribution in [0.3, 0.4) is 0 Å². The molecule has 6 nitrogen and oxygen atoms in total. The van der Waals surface area contributed by atoms with Crippen LogP contribution in [0.5, 0.6) is 11.5 Å². The molecule has 3 rings (SSSR count). The highest BCUT2D eigenvalue weighted by Gasteiger charge is 2.36. The van der Waals surface area contributed by atoms with E-state index in [1.54, 1.807) is 19.1 Å². The third-order valence-corrected chi connectivity index (χ3v) is 5.05. The summed E-state index contributed by atoms with van der Waals surface area (Å²) in [4.78, 5) is 26.1. The number of nitrogens with one attached hydrogen (secondary N) is 1. The van der Waals surface area contributed by atoms with Crippen LogP contribution in [-0.4, -0.2) is 38.6 Å². The van der Waals surface area contributed by atoms with Crippen molar-refractivity contribution in [2.24, 2.45) is 5.92 Å². The van der Waals surface area contributed by atoms with Crippen molar-refractivity contribution in [1.82, 2.24) is 5.32 Å². The summed E-state index contributed by atoms with van der Waals surface area (Å²) in [7, 11) is 1.35. The van der Waals surface area contributed by atoms with Gasteiger partial charge in [-0.1, -0.05) is 12.1 Å². The molecule has 2 aromatic carbocycles. The molecule has 9 heteroatoms. The van der Waals surface area contributed by atoms with Crippen LogP contribution < -0.4 is 19.7 Å². The Morgan fingerprint density at radius 3 is 2.68 bits per heavy atom. The summed E-state index contributed by atoms with van der Waals surface area (Å²) >= 11 is 0. The van der Waals surface area contributed by atoms with E-state index in [9.17, 15) is 22.8 Å². The number of carbonyl (C=O) groups is 2. The van der Waals surface area contributed by atoms with Gasteiger partial charge in [-0.05, 0) is 48.7 Å². The Kier molecular flexibility index (Phi) is 7.04. The molecular formula is C22H23F3N2O4. The number of alkyl halides is 2. The second kappa shape index (κ2) is 9.72. The Labute approximate surface area is 177 Å². The molecular weight excluding hydrogens is 413 g/mol. The van der Waals surface area contributed by atoms with Gasteiger partial charge in [-0.15, -0.1) is 0 Å². The summed E-state index contributed by atoms with van der Waals surface area (Å²) in [6, 6.07) is 9.21. The Bertz CT molecular complexity index is 968. The zero-order valence-electron chi connectivity index (χ0n) is 17.2. The molecule has 0 aromatic heterocycles. The molecule has 1 heterocycles. The van der Waals surface area contributed by atoms with Crippen molar-refractivity contribution in [3.63, 3.8) is 0 Å². The maximum absolute atomic E-state index is 14.2. The minimum absolute atomic E-state index is 0.00589. The van der Waals surface area contributed by atoms with E-state index in [0.717, 1.165) is 5.56 Å². The molecule has 1 fully saturated rings. The first kappa shape index (κ1) is 22.5. The molecule has 1 aliphatic heterocycles. The average molecular weight is 436 g/mol. The van der Waals surface area contributed by atoms with Gasteiger partial charge in [0.25, 0.3) is 0 Å². The van der Waals surface area contributed by atoms with E-state index in [1.807, 2.05) is 0 Å². The van der Waals surface area contributed by atoms with Gasteiger partial charge in [-0.25, -0.2) is 4.39 Å². The number of ether oxygens (including phenoxy) is 2. The van der Waals surface area contributed by atoms with Gasteiger partial charge in [-0.3, -0.25) is 9.59 Å². The van der Waals surface area contributed by atoms with Gasteiger partial charge in [0.1, 0.15) is 5.82 Å². The number of anilines is 1. The molecule has 1 atom stereocenters. The third kappa shape index (κ3) is 5.48. The summed E-state index contributed by atoms with van der Waals surface area (Å²) < 4.78 is 48.7. The molecule has 1 saturated heterocycles. The Morgan fingerprint density at radius 2 is 2.00 bits per heavy atom. The van der Waals surface area contributed by atoms with Crippen molar-refractivity contribution in [2.45, 2.75) is 26.4 Å². The largest absolute Gasteiger partial charge is 0.493 e. The fourth-order valence-corrected chi connectivity index (χ4v) is 3.49. The monoisotopic (exact) mass is 436 g/mol. The highest BCUT2D eigenvalue weighted by molar-refractivity contribution is 6.00. The maximum Gasteiger partial charge on any atom is 0.387 e. The lowest BCUT2D eigenvalue weighted by molar-refractivity contribution is -0.126. The van der Waals surface area contributed by atoms with Crippen LogP contribution in [0.4, 0.5) is 18.9 Å². The summed E-state index contributed by atoms with van der Waals surface area (Å²) in [5.74, 6) is -1.63. The normalized spacial score (nSPS) is 16.0. The molecule has 1 N–H and O–H groups in total. The Balaban J connectivity index is 1.56. The number of rotatable bonds is 8. The van der Waals surface area contributed by atoms with Crippen molar-refractivity contribution in [3.8, 4) is 11.5 Å². The molecule has 0 bridgehead atoms. The number of hydrogen-bond donors (Lipinski definition) is 1. The van der Waals surface area contributed by atoms with E-state index in [2.05, 4.69) is 10.1 Å². The van der Waals surface area contributed by atoms with E-state index >= 15 is 0 Å². The molecule has 0 saturated carbocycles. The quantitative estimate of drug-likeness (QED) is 0.688. The van der Waals surface area contributed by atoms with E-state index < -0.39 is 18.3 Å². The molecule has 0 spiro atoms. The SMILES string of the molecule is COc1ccc(CCNC(=O)C2CC(=O)N(c3ccc(C)cc3F)C2)cc1OC(F)F. The van der Waals surface area contributed by atoms with Crippen LogP contribution in [0, 0.1) is 18.7 Å².